The van der Waals surface area contributed by atoms with Gasteiger partial charge in [-0.2, -0.15) is 0 Å². The van der Waals surface area contributed by atoms with Crippen LogP contribution in [-0.4, -0.2) is 39.3 Å². The van der Waals surface area contributed by atoms with Crippen LogP contribution in [0.15, 0.2) is 72.9 Å². The third-order valence-corrected chi connectivity index (χ3v) is 6.96. The Kier molecular flexibility index (Phi) is 6.39. The number of benzene rings is 2. The number of pyridine rings is 1. The minimum absolute atomic E-state index is 0.0632. The van der Waals surface area contributed by atoms with Gasteiger partial charge < -0.3 is 15.0 Å². The van der Waals surface area contributed by atoms with E-state index in [1.807, 2.05) is 48.7 Å². The summed E-state index contributed by atoms with van der Waals surface area (Å²) in [6, 6.07) is 22.7. The second kappa shape index (κ2) is 9.51. The molecule has 0 bridgehead atoms. The number of rotatable bonds is 6. The molecule has 1 aliphatic heterocycles. The van der Waals surface area contributed by atoms with Crippen LogP contribution in [0.3, 0.4) is 0 Å². The Morgan fingerprint density at radius 1 is 0.889 bits per heavy atom. The molecule has 0 aliphatic carbocycles. The van der Waals surface area contributed by atoms with Crippen LogP contribution in [0.25, 0.3) is 22.2 Å². The second-order valence-corrected chi connectivity index (χ2v) is 11.1. The van der Waals surface area contributed by atoms with Gasteiger partial charge in [0.2, 0.25) is 0 Å². The third kappa shape index (κ3) is 5.19. The molecule has 4 aromatic rings. The monoisotopic (exact) mass is 481 g/mol. The van der Waals surface area contributed by atoms with Crippen molar-refractivity contribution in [1.82, 2.24) is 20.5 Å². The van der Waals surface area contributed by atoms with Crippen molar-refractivity contribution in [2.45, 2.75) is 64.3 Å². The topological polar surface area (TPSA) is 63.2 Å². The molecule has 1 saturated heterocycles. The fraction of sp³-hybridized carbons (Fsp3) is 0.367. The van der Waals surface area contributed by atoms with Gasteiger partial charge in [0.1, 0.15) is 12.4 Å². The summed E-state index contributed by atoms with van der Waals surface area (Å²) in [6.07, 6.45) is 3.89. The van der Waals surface area contributed by atoms with Crippen molar-refractivity contribution < 1.29 is 4.74 Å². The summed E-state index contributed by atoms with van der Waals surface area (Å²) in [7, 11) is 2.12. The zero-order valence-corrected chi connectivity index (χ0v) is 21.8. The fourth-order valence-electron chi connectivity index (χ4n) is 5.61. The summed E-state index contributed by atoms with van der Waals surface area (Å²) in [5.41, 5.74) is 3.72. The van der Waals surface area contributed by atoms with E-state index in [0.29, 0.717) is 12.6 Å². The van der Waals surface area contributed by atoms with E-state index in [9.17, 15) is 0 Å². The number of hydrogen-bond acceptors (Lipinski definition) is 6. The van der Waals surface area contributed by atoms with Crippen molar-refractivity contribution in [1.29, 1.82) is 0 Å². The molecular formula is C30H35N5O. The Hall–Kier alpha value is -3.51. The lowest BCUT2D eigenvalue weighted by Gasteiger charge is -2.49. The molecule has 2 aromatic carbocycles. The van der Waals surface area contributed by atoms with E-state index >= 15 is 0 Å². The smallest absolute Gasteiger partial charge is 0.151 e. The van der Waals surface area contributed by atoms with Gasteiger partial charge in [-0.15, -0.1) is 10.2 Å². The van der Waals surface area contributed by atoms with Crippen LogP contribution in [0.4, 0.5) is 5.82 Å². The van der Waals surface area contributed by atoms with Crippen molar-refractivity contribution in [2.24, 2.45) is 0 Å². The summed E-state index contributed by atoms with van der Waals surface area (Å²) in [5.74, 6) is 1.62. The molecule has 186 valence electrons. The van der Waals surface area contributed by atoms with Crippen molar-refractivity contribution in [2.75, 3.05) is 11.9 Å². The molecular weight excluding hydrogens is 446 g/mol. The van der Waals surface area contributed by atoms with Crippen LogP contribution < -0.4 is 15.0 Å². The van der Waals surface area contributed by atoms with E-state index in [0.717, 1.165) is 52.1 Å². The molecule has 1 aliphatic rings. The van der Waals surface area contributed by atoms with Gasteiger partial charge in [-0.1, -0.05) is 36.4 Å². The molecule has 0 saturated carbocycles. The van der Waals surface area contributed by atoms with Gasteiger partial charge >= 0.3 is 0 Å². The molecule has 6 heteroatoms. The highest BCUT2D eigenvalue weighted by atomic mass is 16.5. The Balaban J connectivity index is 1.45. The number of nitrogens with zero attached hydrogens (tertiary/aromatic N) is 4. The number of nitrogens with one attached hydrogen (secondary N) is 1. The molecule has 0 amide bonds. The van der Waals surface area contributed by atoms with Gasteiger partial charge in [0.25, 0.3) is 0 Å². The predicted octanol–water partition coefficient (Wildman–Crippen LogP) is 6.02. The molecule has 2 aromatic heterocycles. The predicted molar refractivity (Wildman–Crippen MR) is 146 cm³/mol. The minimum Gasteiger partial charge on any atom is -0.488 e. The summed E-state index contributed by atoms with van der Waals surface area (Å²) >= 11 is 0. The van der Waals surface area contributed by atoms with Crippen LogP contribution >= 0.6 is 0 Å². The summed E-state index contributed by atoms with van der Waals surface area (Å²) in [4.78, 5) is 6.94. The molecule has 1 fully saturated rings. The Bertz CT molecular complexity index is 1320. The number of hydrogen-bond donors (Lipinski definition) is 1. The highest BCUT2D eigenvalue weighted by Crippen LogP contribution is 2.37. The van der Waals surface area contributed by atoms with E-state index in [4.69, 9.17) is 4.74 Å². The van der Waals surface area contributed by atoms with E-state index < -0.39 is 0 Å². The van der Waals surface area contributed by atoms with Gasteiger partial charge in [-0.3, -0.25) is 4.98 Å². The number of aromatic nitrogens is 3. The standard InChI is InChI=1S/C30H35N5O/c1-29(2)18-23(19-30(3,4)34-29)35(5)26-16-14-24(32-33-26)27-25(36-20-21-10-7-6-8-11-21)15-13-22-12-9-17-31-28(22)27/h6-17,23,34H,18-20H2,1-5H3. The van der Waals surface area contributed by atoms with Gasteiger partial charge in [0.15, 0.2) is 5.82 Å². The first-order valence-corrected chi connectivity index (χ1v) is 12.6. The van der Waals surface area contributed by atoms with Gasteiger partial charge in [-0.25, -0.2) is 0 Å². The zero-order valence-electron chi connectivity index (χ0n) is 21.8. The molecule has 0 radical (unpaired) electrons. The quantitative estimate of drug-likeness (QED) is 0.364. The largest absolute Gasteiger partial charge is 0.488 e. The maximum atomic E-state index is 6.28. The first kappa shape index (κ1) is 24.2. The third-order valence-electron chi connectivity index (χ3n) is 6.96. The van der Waals surface area contributed by atoms with Crippen LogP contribution in [-0.2, 0) is 6.61 Å². The Labute approximate surface area is 213 Å². The SMILES string of the molecule is CN(c1ccc(-c2c(OCc3ccccc3)ccc3cccnc23)nn1)C1CC(C)(C)NC(C)(C)C1. The molecule has 5 rings (SSSR count). The van der Waals surface area contributed by atoms with Crippen molar-refractivity contribution in [3.05, 3.63) is 78.5 Å². The summed E-state index contributed by atoms with van der Waals surface area (Å²) in [6.45, 7) is 9.56. The van der Waals surface area contributed by atoms with Gasteiger partial charge in [0.05, 0.1) is 16.8 Å². The molecule has 0 spiro atoms. The Morgan fingerprint density at radius 3 is 2.33 bits per heavy atom. The normalized spacial score (nSPS) is 17.1. The average Bonchev–Trinajstić information content (AvgIpc) is 2.85. The first-order chi connectivity index (χ1) is 17.2. The van der Waals surface area contributed by atoms with Crippen LogP contribution in [0.1, 0.15) is 46.1 Å². The van der Waals surface area contributed by atoms with E-state index in [1.54, 1.807) is 0 Å². The second-order valence-electron chi connectivity index (χ2n) is 11.1. The molecule has 1 N–H and O–H groups in total. The summed E-state index contributed by atoms with van der Waals surface area (Å²) in [5, 5.41) is 14.1. The molecule has 0 unspecified atom stereocenters. The first-order valence-electron chi connectivity index (χ1n) is 12.6. The lowest BCUT2D eigenvalue weighted by atomic mass is 9.79. The number of ether oxygens (including phenoxy) is 1. The highest BCUT2D eigenvalue weighted by molar-refractivity contribution is 5.95. The van der Waals surface area contributed by atoms with Crippen LogP contribution in [0.2, 0.25) is 0 Å². The number of piperidine rings is 1. The maximum absolute atomic E-state index is 6.28. The fourth-order valence-corrected chi connectivity index (χ4v) is 5.61. The highest BCUT2D eigenvalue weighted by Gasteiger charge is 2.39. The van der Waals surface area contributed by atoms with Crippen molar-refractivity contribution >= 4 is 16.7 Å². The van der Waals surface area contributed by atoms with E-state index in [2.05, 4.69) is 84.4 Å². The molecule has 0 atom stereocenters. The lowest BCUT2D eigenvalue weighted by Crippen LogP contribution is -2.62. The summed E-state index contributed by atoms with van der Waals surface area (Å²) < 4.78 is 6.28. The van der Waals surface area contributed by atoms with E-state index in [-0.39, 0.29) is 11.1 Å². The van der Waals surface area contributed by atoms with Gasteiger partial charge in [-0.05, 0) is 76.4 Å². The van der Waals surface area contributed by atoms with Crippen molar-refractivity contribution in [3.63, 3.8) is 0 Å². The maximum Gasteiger partial charge on any atom is 0.151 e. The van der Waals surface area contributed by atoms with Gasteiger partial charge in [0, 0.05) is 35.8 Å². The van der Waals surface area contributed by atoms with Crippen LogP contribution in [0.5, 0.6) is 5.75 Å². The minimum atomic E-state index is 0.0632. The van der Waals surface area contributed by atoms with Crippen molar-refractivity contribution in [3.8, 4) is 17.0 Å². The molecule has 36 heavy (non-hydrogen) atoms. The van der Waals surface area contributed by atoms with Crippen LogP contribution in [0, 0.1) is 0 Å². The zero-order chi connectivity index (χ0) is 25.3. The average molecular weight is 482 g/mol. The molecule has 6 nitrogen and oxygen atoms in total. The Morgan fingerprint density at radius 2 is 1.64 bits per heavy atom. The number of anilines is 1. The number of fused-ring (bicyclic) bond motifs is 1. The lowest BCUT2D eigenvalue weighted by molar-refractivity contribution is 0.160. The molecule has 3 heterocycles. The van der Waals surface area contributed by atoms with E-state index in [1.165, 1.54) is 0 Å².